The molecule has 0 aliphatic heterocycles. The number of hydrogen-bond acceptors (Lipinski definition) is 4. The van der Waals surface area contributed by atoms with Gasteiger partial charge < -0.3 is 14.5 Å². The molecule has 0 radical (unpaired) electrons. The van der Waals surface area contributed by atoms with E-state index in [1.165, 1.54) is 74.6 Å². The Morgan fingerprint density at radius 2 is 1.11 bits per heavy atom. The molecule has 0 aromatic heterocycles. The van der Waals surface area contributed by atoms with E-state index < -0.39 is 26.1 Å². The fraction of sp³-hybridized carbons (Fsp3) is 0.650. The molecule has 0 fully saturated rings. The van der Waals surface area contributed by atoms with Gasteiger partial charge in [0.25, 0.3) is 8.32 Å². The maximum Gasteiger partial charge on any atom is 0.408 e. The van der Waals surface area contributed by atoms with Crippen LogP contribution in [0.25, 0.3) is 0 Å². The lowest BCUT2D eigenvalue weighted by Crippen LogP contribution is -2.66. The molecule has 0 heterocycles. The number of ketones is 1. The van der Waals surface area contributed by atoms with E-state index in [9.17, 15) is 9.59 Å². The molecule has 0 bridgehead atoms. The molecule has 1 atom stereocenters. The SMILES string of the molecule is CCCCCCCCCCCCCCCC(=O)[C@H](CCO[Si](c1ccccc1)(c1ccccc1)C(C)(C)C)NC(=O)OC(C)(C)C. The molecule has 6 heteroatoms. The maximum atomic E-state index is 13.5. The summed E-state index contributed by atoms with van der Waals surface area (Å²) in [6, 6.07) is 20.4. The third-order valence-corrected chi connectivity index (χ3v) is 13.8. The van der Waals surface area contributed by atoms with Crippen molar-refractivity contribution in [3.8, 4) is 0 Å². The second-order valence-corrected chi connectivity index (χ2v) is 19.3. The lowest BCUT2D eigenvalue weighted by atomic mass is 10.0. The first-order valence-electron chi connectivity index (χ1n) is 18.2. The number of hydrogen-bond donors (Lipinski definition) is 1. The zero-order valence-corrected chi connectivity index (χ0v) is 31.3. The Morgan fingerprint density at radius 3 is 1.52 bits per heavy atom. The highest BCUT2D eigenvalue weighted by atomic mass is 28.4. The first-order chi connectivity index (χ1) is 21.9. The summed E-state index contributed by atoms with van der Waals surface area (Å²) in [5, 5.41) is 5.13. The second kappa shape index (κ2) is 20.7. The zero-order chi connectivity index (χ0) is 33.9. The smallest absolute Gasteiger partial charge is 0.408 e. The quantitative estimate of drug-likeness (QED) is 0.102. The summed E-state index contributed by atoms with van der Waals surface area (Å²) in [7, 11) is -2.75. The van der Waals surface area contributed by atoms with Crippen LogP contribution in [-0.2, 0) is 14.0 Å². The van der Waals surface area contributed by atoms with Crippen LogP contribution < -0.4 is 15.7 Å². The molecule has 2 rings (SSSR count). The topological polar surface area (TPSA) is 64.6 Å². The molecule has 1 N–H and O–H groups in total. The van der Waals surface area contributed by atoms with Gasteiger partial charge in [-0.15, -0.1) is 0 Å². The van der Waals surface area contributed by atoms with Crippen LogP contribution in [0, 0.1) is 0 Å². The number of alkyl carbamates (subject to hydrolysis) is 1. The second-order valence-electron chi connectivity index (χ2n) is 15.0. The van der Waals surface area contributed by atoms with Crippen LogP contribution in [0.1, 0.15) is 145 Å². The van der Waals surface area contributed by atoms with Crippen LogP contribution in [0.2, 0.25) is 5.04 Å². The average Bonchev–Trinajstić information content (AvgIpc) is 3.00. The normalized spacial score (nSPS) is 12.9. The summed E-state index contributed by atoms with van der Waals surface area (Å²) >= 11 is 0. The molecule has 0 saturated carbocycles. The van der Waals surface area contributed by atoms with Gasteiger partial charge in [0.05, 0.1) is 6.04 Å². The predicted molar refractivity (Wildman–Crippen MR) is 197 cm³/mol. The summed E-state index contributed by atoms with van der Waals surface area (Å²) in [5.41, 5.74) is -0.641. The number of carbonyl (C=O) groups excluding carboxylic acids is 2. The Morgan fingerprint density at radius 1 is 0.674 bits per heavy atom. The highest BCUT2D eigenvalue weighted by Gasteiger charge is 2.50. The number of rotatable bonds is 22. The van der Waals surface area contributed by atoms with E-state index >= 15 is 0 Å². The fourth-order valence-corrected chi connectivity index (χ4v) is 10.9. The molecular formula is C40H65NO4Si. The third kappa shape index (κ3) is 14.1. The van der Waals surface area contributed by atoms with Crippen molar-refractivity contribution in [2.75, 3.05) is 6.61 Å². The van der Waals surface area contributed by atoms with Crippen LogP contribution in [0.5, 0.6) is 0 Å². The molecule has 0 unspecified atom stereocenters. The van der Waals surface area contributed by atoms with Gasteiger partial charge in [0.15, 0.2) is 5.78 Å². The van der Waals surface area contributed by atoms with Gasteiger partial charge in [0.2, 0.25) is 0 Å². The van der Waals surface area contributed by atoms with E-state index in [2.05, 4.69) is 81.5 Å². The van der Waals surface area contributed by atoms with E-state index in [0.29, 0.717) is 19.4 Å². The van der Waals surface area contributed by atoms with Gasteiger partial charge in [0.1, 0.15) is 5.60 Å². The number of amides is 1. The van der Waals surface area contributed by atoms with E-state index in [1.807, 2.05) is 32.9 Å². The van der Waals surface area contributed by atoms with Gasteiger partial charge in [-0.1, -0.05) is 165 Å². The Kier molecular flexibility index (Phi) is 17.9. The summed E-state index contributed by atoms with van der Waals surface area (Å²) in [6.07, 6.45) is 16.7. The molecule has 46 heavy (non-hydrogen) atoms. The van der Waals surface area contributed by atoms with Crippen molar-refractivity contribution in [1.82, 2.24) is 5.32 Å². The minimum Gasteiger partial charge on any atom is -0.444 e. The first-order valence-corrected chi connectivity index (χ1v) is 20.1. The lowest BCUT2D eigenvalue weighted by Gasteiger charge is -2.43. The molecular weight excluding hydrogens is 587 g/mol. The van der Waals surface area contributed by atoms with Crippen molar-refractivity contribution < 1.29 is 18.8 Å². The van der Waals surface area contributed by atoms with Crippen molar-refractivity contribution >= 4 is 30.6 Å². The van der Waals surface area contributed by atoms with Crippen molar-refractivity contribution in [2.24, 2.45) is 0 Å². The number of ether oxygens (including phenoxy) is 1. The molecule has 2 aromatic rings. The highest BCUT2D eigenvalue weighted by molar-refractivity contribution is 6.99. The highest BCUT2D eigenvalue weighted by Crippen LogP contribution is 2.37. The van der Waals surface area contributed by atoms with Gasteiger partial charge in [-0.2, -0.15) is 0 Å². The lowest BCUT2D eigenvalue weighted by molar-refractivity contribution is -0.121. The molecule has 0 aliphatic rings. The van der Waals surface area contributed by atoms with Gasteiger partial charge in [0, 0.05) is 13.0 Å². The van der Waals surface area contributed by atoms with Crippen molar-refractivity contribution in [1.29, 1.82) is 0 Å². The summed E-state index contributed by atoms with van der Waals surface area (Å²) in [6.45, 7) is 14.9. The monoisotopic (exact) mass is 651 g/mol. The zero-order valence-electron chi connectivity index (χ0n) is 30.3. The molecule has 2 aromatic carbocycles. The average molecular weight is 652 g/mol. The van der Waals surface area contributed by atoms with Crippen LogP contribution in [0.15, 0.2) is 60.7 Å². The van der Waals surface area contributed by atoms with E-state index in [0.717, 1.165) is 19.3 Å². The molecule has 1 amide bonds. The van der Waals surface area contributed by atoms with Crippen molar-refractivity contribution in [3.63, 3.8) is 0 Å². The molecule has 0 spiro atoms. The Hall–Kier alpha value is -2.44. The Bertz CT molecular complexity index is 1070. The molecule has 0 saturated heterocycles. The van der Waals surface area contributed by atoms with Gasteiger partial charge in [-0.25, -0.2) is 4.79 Å². The standard InChI is InChI=1S/C40H65NO4Si/c1-8-9-10-11-12-13-14-15-16-17-18-19-26-31-37(42)36(41-38(43)45-39(2,3)4)32-33-44-46(40(5,6)7,34-27-22-20-23-28-34)35-29-24-21-25-30-35/h20-25,27-30,36H,8-19,26,31-33H2,1-7H3,(H,41,43)/t36-/m0/s1. The van der Waals surface area contributed by atoms with Gasteiger partial charge >= 0.3 is 6.09 Å². The molecule has 258 valence electrons. The first kappa shape index (κ1) is 39.7. The van der Waals surface area contributed by atoms with Crippen LogP contribution in [0.3, 0.4) is 0 Å². The van der Waals surface area contributed by atoms with E-state index in [-0.39, 0.29) is 10.8 Å². The molecule has 0 aliphatic carbocycles. The fourth-order valence-electron chi connectivity index (χ4n) is 6.35. The van der Waals surface area contributed by atoms with Crippen molar-refractivity contribution in [2.45, 2.75) is 161 Å². The minimum atomic E-state index is -2.75. The number of nitrogens with one attached hydrogen (secondary N) is 1. The van der Waals surface area contributed by atoms with Crippen LogP contribution in [0.4, 0.5) is 4.79 Å². The summed E-state index contributed by atoms with van der Waals surface area (Å²) < 4.78 is 12.6. The number of benzene rings is 2. The third-order valence-electron chi connectivity index (χ3n) is 8.75. The number of unbranched alkanes of at least 4 members (excludes halogenated alkanes) is 12. The molecule has 5 nitrogen and oxygen atoms in total. The van der Waals surface area contributed by atoms with Gasteiger partial charge in [-0.3, -0.25) is 4.79 Å². The summed E-state index contributed by atoms with van der Waals surface area (Å²) in [4.78, 5) is 26.3. The number of carbonyl (C=O) groups is 2. The largest absolute Gasteiger partial charge is 0.444 e. The minimum absolute atomic E-state index is 0.0555. The van der Waals surface area contributed by atoms with Crippen molar-refractivity contribution in [3.05, 3.63) is 60.7 Å². The summed E-state index contributed by atoms with van der Waals surface area (Å²) in [5.74, 6) is 0.0555. The number of Topliss-reactive ketones (excluding diaryl/α,β-unsaturated/α-hetero) is 1. The van der Waals surface area contributed by atoms with Gasteiger partial charge in [-0.05, 0) is 49.0 Å². The van der Waals surface area contributed by atoms with Crippen LogP contribution >= 0.6 is 0 Å². The maximum absolute atomic E-state index is 13.5. The van der Waals surface area contributed by atoms with Crippen LogP contribution in [-0.4, -0.2) is 38.4 Å². The Balaban J connectivity index is 1.99. The Labute approximate surface area is 282 Å². The predicted octanol–water partition coefficient (Wildman–Crippen LogP) is 9.90. The van der Waals surface area contributed by atoms with E-state index in [1.54, 1.807) is 0 Å². The van der Waals surface area contributed by atoms with E-state index in [4.69, 9.17) is 9.16 Å².